The largest absolute Gasteiger partial charge is 0.478 e. The normalized spacial score (nSPS) is 18.8. The summed E-state index contributed by atoms with van der Waals surface area (Å²) in [6, 6.07) is 0. The molecule has 0 aromatic rings. The molecule has 0 saturated heterocycles. The van der Waals surface area contributed by atoms with Gasteiger partial charge in [-0.2, -0.15) is 0 Å². The zero-order chi connectivity index (χ0) is 15.0. The van der Waals surface area contributed by atoms with E-state index in [1.807, 2.05) is 6.08 Å². The van der Waals surface area contributed by atoms with Crippen LogP contribution in [-0.2, 0) is 4.79 Å². The minimum absolute atomic E-state index is 0.237. The number of hydrogen-bond donors (Lipinski definition) is 1. The van der Waals surface area contributed by atoms with E-state index in [0.717, 1.165) is 6.08 Å². The molecule has 0 aromatic carbocycles. The standard InChI is InChI=1S/C18H22O2/c1-15-11-10-14-18(2,3)16(15)12-8-6-4-5-7-9-13-17(19)20/h5,7-9,12-13H,10-11,14H2,1-3H3,(H,19,20)/b7-5+,12-8+,13-9-. The number of allylic oxidation sites excluding steroid dienone is 7. The first kappa shape index (κ1) is 16.0. The van der Waals surface area contributed by atoms with Crippen molar-refractivity contribution in [3.63, 3.8) is 0 Å². The van der Waals surface area contributed by atoms with Crippen LogP contribution in [0.1, 0.15) is 40.0 Å². The van der Waals surface area contributed by atoms with Gasteiger partial charge < -0.3 is 5.11 Å². The van der Waals surface area contributed by atoms with Crippen molar-refractivity contribution in [2.24, 2.45) is 5.41 Å². The van der Waals surface area contributed by atoms with Crippen LogP contribution in [0.5, 0.6) is 0 Å². The second-order valence-corrected chi connectivity index (χ2v) is 5.61. The van der Waals surface area contributed by atoms with Crippen LogP contribution < -0.4 is 0 Å². The summed E-state index contributed by atoms with van der Waals surface area (Å²) < 4.78 is 0. The molecule has 1 aliphatic rings. The highest BCUT2D eigenvalue weighted by Gasteiger charge is 2.26. The molecule has 0 fully saturated rings. The number of carboxylic acids is 1. The summed E-state index contributed by atoms with van der Waals surface area (Å²) >= 11 is 0. The second-order valence-electron chi connectivity index (χ2n) is 5.61. The van der Waals surface area contributed by atoms with E-state index in [-0.39, 0.29) is 5.41 Å². The SMILES string of the molecule is CC1=C(/C=C/C#C/C=C/C=C\C(=O)O)C(C)(C)CCC1. The van der Waals surface area contributed by atoms with E-state index in [9.17, 15) is 4.79 Å². The maximum absolute atomic E-state index is 10.2. The van der Waals surface area contributed by atoms with E-state index in [4.69, 9.17) is 5.11 Å². The van der Waals surface area contributed by atoms with E-state index in [1.54, 1.807) is 12.2 Å². The monoisotopic (exact) mass is 270 g/mol. The van der Waals surface area contributed by atoms with Crippen LogP contribution in [0.25, 0.3) is 0 Å². The Morgan fingerprint density at radius 1 is 1.25 bits per heavy atom. The van der Waals surface area contributed by atoms with Gasteiger partial charge >= 0.3 is 5.97 Å². The molecule has 1 aliphatic carbocycles. The van der Waals surface area contributed by atoms with E-state index < -0.39 is 5.97 Å². The topological polar surface area (TPSA) is 37.3 Å². The number of aliphatic carboxylic acids is 1. The van der Waals surface area contributed by atoms with Crippen LogP contribution in [0.3, 0.4) is 0 Å². The Hall–Kier alpha value is -2.01. The van der Waals surface area contributed by atoms with Gasteiger partial charge in [0, 0.05) is 6.08 Å². The van der Waals surface area contributed by atoms with Gasteiger partial charge in [0.1, 0.15) is 0 Å². The van der Waals surface area contributed by atoms with Gasteiger partial charge in [0.2, 0.25) is 0 Å². The van der Waals surface area contributed by atoms with Crippen molar-refractivity contribution in [3.05, 3.63) is 47.6 Å². The molecule has 0 spiro atoms. The summed E-state index contributed by atoms with van der Waals surface area (Å²) in [5.41, 5.74) is 3.09. The lowest BCUT2D eigenvalue weighted by atomic mass is 9.73. The lowest BCUT2D eigenvalue weighted by Gasteiger charge is -2.32. The van der Waals surface area contributed by atoms with Crippen LogP contribution in [-0.4, -0.2) is 11.1 Å². The first-order valence-corrected chi connectivity index (χ1v) is 6.87. The predicted molar refractivity (Wildman–Crippen MR) is 83.2 cm³/mol. The number of carboxylic acid groups (broad SMARTS) is 1. The lowest BCUT2D eigenvalue weighted by molar-refractivity contribution is -0.131. The fourth-order valence-electron chi connectivity index (χ4n) is 2.47. The quantitative estimate of drug-likeness (QED) is 0.472. The molecule has 0 radical (unpaired) electrons. The molecule has 0 aromatic heterocycles. The fraction of sp³-hybridized carbons (Fsp3) is 0.389. The van der Waals surface area contributed by atoms with Crippen LogP contribution >= 0.6 is 0 Å². The molecule has 0 heterocycles. The molecule has 0 bridgehead atoms. The summed E-state index contributed by atoms with van der Waals surface area (Å²) in [5, 5.41) is 8.40. The average molecular weight is 270 g/mol. The molecule has 0 aliphatic heterocycles. The van der Waals surface area contributed by atoms with Crippen molar-refractivity contribution in [2.45, 2.75) is 40.0 Å². The molecule has 0 atom stereocenters. The van der Waals surface area contributed by atoms with Crippen molar-refractivity contribution < 1.29 is 9.90 Å². The summed E-state index contributed by atoms with van der Waals surface area (Å²) in [6.45, 7) is 6.75. The van der Waals surface area contributed by atoms with Crippen LogP contribution in [0, 0.1) is 17.3 Å². The maximum Gasteiger partial charge on any atom is 0.328 e. The Morgan fingerprint density at radius 2 is 1.95 bits per heavy atom. The lowest BCUT2D eigenvalue weighted by Crippen LogP contribution is -2.18. The van der Waals surface area contributed by atoms with E-state index in [0.29, 0.717) is 0 Å². The highest BCUT2D eigenvalue weighted by Crippen LogP contribution is 2.40. The minimum atomic E-state index is -0.954. The molecule has 106 valence electrons. The van der Waals surface area contributed by atoms with Gasteiger partial charge in [-0.3, -0.25) is 0 Å². The molecular weight excluding hydrogens is 248 g/mol. The zero-order valence-corrected chi connectivity index (χ0v) is 12.4. The Balaban J connectivity index is 2.63. The number of rotatable bonds is 3. The van der Waals surface area contributed by atoms with Gasteiger partial charge in [0.15, 0.2) is 0 Å². The first-order chi connectivity index (χ1) is 9.43. The third-order valence-corrected chi connectivity index (χ3v) is 3.49. The Bertz CT molecular complexity index is 532. The Morgan fingerprint density at radius 3 is 2.60 bits per heavy atom. The Kier molecular flexibility index (Phi) is 6.06. The van der Waals surface area contributed by atoms with Gasteiger partial charge in [-0.1, -0.05) is 49.5 Å². The van der Waals surface area contributed by atoms with Gasteiger partial charge in [-0.25, -0.2) is 4.79 Å². The van der Waals surface area contributed by atoms with E-state index >= 15 is 0 Å². The number of carbonyl (C=O) groups is 1. The molecule has 20 heavy (non-hydrogen) atoms. The second kappa shape index (κ2) is 7.55. The molecule has 2 nitrogen and oxygen atoms in total. The van der Waals surface area contributed by atoms with Crippen LogP contribution in [0.15, 0.2) is 47.6 Å². The Labute approximate surface area is 121 Å². The summed E-state index contributed by atoms with van der Waals surface area (Å²) in [4.78, 5) is 10.2. The van der Waals surface area contributed by atoms with E-state index in [1.165, 1.54) is 36.5 Å². The summed E-state index contributed by atoms with van der Waals surface area (Å²) in [7, 11) is 0. The van der Waals surface area contributed by atoms with Gasteiger partial charge in [-0.15, -0.1) is 0 Å². The van der Waals surface area contributed by atoms with Crippen molar-refractivity contribution in [1.29, 1.82) is 0 Å². The third-order valence-electron chi connectivity index (χ3n) is 3.49. The van der Waals surface area contributed by atoms with Gasteiger partial charge in [0.05, 0.1) is 0 Å². The highest BCUT2D eigenvalue weighted by atomic mass is 16.4. The maximum atomic E-state index is 10.2. The summed E-state index contributed by atoms with van der Waals surface area (Å²) in [6.07, 6.45) is 13.4. The fourth-order valence-corrected chi connectivity index (χ4v) is 2.47. The molecule has 0 amide bonds. The number of hydrogen-bond acceptors (Lipinski definition) is 1. The highest BCUT2D eigenvalue weighted by molar-refractivity contribution is 5.80. The molecule has 0 saturated carbocycles. The van der Waals surface area contributed by atoms with E-state index in [2.05, 4.69) is 38.7 Å². The van der Waals surface area contributed by atoms with Crippen molar-refractivity contribution >= 4 is 5.97 Å². The smallest absolute Gasteiger partial charge is 0.328 e. The van der Waals surface area contributed by atoms with Crippen molar-refractivity contribution in [1.82, 2.24) is 0 Å². The third kappa shape index (κ3) is 5.32. The molecule has 1 rings (SSSR count). The van der Waals surface area contributed by atoms with Crippen molar-refractivity contribution in [2.75, 3.05) is 0 Å². The van der Waals surface area contributed by atoms with Crippen LogP contribution in [0.4, 0.5) is 0 Å². The first-order valence-electron chi connectivity index (χ1n) is 6.87. The minimum Gasteiger partial charge on any atom is -0.478 e. The molecule has 0 unspecified atom stereocenters. The molecule has 2 heteroatoms. The van der Waals surface area contributed by atoms with Gasteiger partial charge in [0.25, 0.3) is 0 Å². The molecular formula is C18H22O2. The van der Waals surface area contributed by atoms with Crippen molar-refractivity contribution in [3.8, 4) is 11.8 Å². The average Bonchev–Trinajstić information content (AvgIpc) is 2.34. The van der Waals surface area contributed by atoms with Gasteiger partial charge in [-0.05, 0) is 49.3 Å². The molecule has 1 N–H and O–H groups in total. The summed E-state index contributed by atoms with van der Waals surface area (Å²) in [5.74, 6) is 4.85. The zero-order valence-electron chi connectivity index (χ0n) is 12.4. The predicted octanol–water partition coefficient (Wildman–Crippen LogP) is 4.27. The van der Waals surface area contributed by atoms with Crippen LogP contribution in [0.2, 0.25) is 0 Å².